The lowest BCUT2D eigenvalue weighted by Crippen LogP contribution is -2.62. The number of ether oxygens (including phenoxy) is 9. The third-order valence-electron chi connectivity index (χ3n) is 10.8. The standard InChI is InChI=1S/C51H45B3N6O18/c1-31(64)67-17-20-70-49-34(26-55)5-14-46(58-49)73-39-7-10-42(36(23-39)28-61)52-76-53(43-11-8-40(24-37(43)29-62)74-47-15-6-35(27-56)50(59-47)71-21-18-68-32(2)65)78-54(77-52)44-12-9-41(25-38(44)30-63)75-48-16-13-45(57-4)51(60-48)72-22-19-69-33(3)66/h5-16,23-25,61-63H,17-22,28-30H2,1-3H3. The van der Waals surface area contributed by atoms with Crippen molar-refractivity contribution >= 4 is 61.3 Å². The summed E-state index contributed by atoms with van der Waals surface area (Å²) in [5, 5.41) is 51.6. The monoisotopic (exact) mass is 1060 g/mol. The van der Waals surface area contributed by atoms with Crippen molar-refractivity contribution in [2.45, 2.75) is 40.6 Å². The number of nitriles is 2. The maximum absolute atomic E-state index is 11.2. The Morgan fingerprint density at radius 1 is 0.513 bits per heavy atom. The molecule has 0 radical (unpaired) electrons. The predicted octanol–water partition coefficient (Wildman–Crippen LogP) is 3.39. The lowest BCUT2D eigenvalue weighted by Gasteiger charge is -2.33. The van der Waals surface area contributed by atoms with E-state index in [0.717, 1.165) is 0 Å². The van der Waals surface area contributed by atoms with Crippen LogP contribution in [0.1, 0.15) is 48.6 Å². The summed E-state index contributed by atoms with van der Waals surface area (Å²) in [5.41, 5.74) is 2.07. The van der Waals surface area contributed by atoms with Gasteiger partial charge >= 0.3 is 39.3 Å². The van der Waals surface area contributed by atoms with E-state index in [4.69, 9.17) is 62.9 Å². The summed E-state index contributed by atoms with van der Waals surface area (Å²) in [6.07, 6.45) is 0. The maximum Gasteiger partial charge on any atom is 0.467 e. The van der Waals surface area contributed by atoms with Gasteiger partial charge in [-0.25, -0.2) is 4.85 Å². The maximum atomic E-state index is 11.2. The number of aromatic nitrogens is 3. The van der Waals surface area contributed by atoms with Crippen LogP contribution in [0.15, 0.2) is 91.0 Å². The smallest absolute Gasteiger partial charge is 0.467 e. The summed E-state index contributed by atoms with van der Waals surface area (Å²) in [6, 6.07) is 26.6. The Kier molecular flexibility index (Phi) is 19.9. The molecular weight excluding hydrogens is 1020 g/mol. The Morgan fingerprint density at radius 2 is 0.846 bits per heavy atom. The molecule has 0 bridgehead atoms. The molecule has 3 aromatic heterocycles. The minimum absolute atomic E-state index is 0.0286. The van der Waals surface area contributed by atoms with Crippen LogP contribution >= 0.6 is 0 Å². The summed E-state index contributed by atoms with van der Waals surface area (Å²) in [4.78, 5) is 49.9. The molecule has 1 fully saturated rings. The van der Waals surface area contributed by atoms with E-state index in [9.17, 15) is 40.2 Å². The Bertz CT molecular complexity index is 2930. The molecule has 78 heavy (non-hydrogen) atoms. The van der Waals surface area contributed by atoms with Crippen LogP contribution in [0.5, 0.6) is 52.5 Å². The van der Waals surface area contributed by atoms with Crippen LogP contribution in [0.4, 0.5) is 5.69 Å². The number of nitrogens with zero attached hydrogens (tertiary/aromatic N) is 6. The van der Waals surface area contributed by atoms with Gasteiger partial charge in [-0.2, -0.15) is 25.5 Å². The Labute approximate surface area is 446 Å². The molecule has 7 rings (SSSR count). The zero-order valence-corrected chi connectivity index (χ0v) is 41.9. The van der Waals surface area contributed by atoms with E-state index in [1.54, 1.807) is 36.4 Å². The highest BCUT2D eigenvalue weighted by Crippen LogP contribution is 2.32. The van der Waals surface area contributed by atoms with Crippen molar-refractivity contribution in [3.63, 3.8) is 0 Å². The van der Waals surface area contributed by atoms with Crippen LogP contribution in [0.2, 0.25) is 0 Å². The number of rotatable bonds is 24. The molecule has 1 saturated heterocycles. The second-order valence-electron chi connectivity index (χ2n) is 16.1. The molecule has 1 aliphatic rings. The molecule has 0 aliphatic carbocycles. The number of hydrogen-bond donors (Lipinski definition) is 3. The first-order valence-electron chi connectivity index (χ1n) is 23.5. The van der Waals surface area contributed by atoms with E-state index in [2.05, 4.69) is 19.8 Å². The average molecular weight is 1060 g/mol. The SMILES string of the molecule is [C-]#[N+]c1ccc(Oc2ccc(B3OB(c4ccc(Oc5ccc(C#N)c(OCCOC(C)=O)n5)cc4CO)OB(c4ccc(Oc5ccc(C#N)c(OCCOC(C)=O)n5)cc4CO)O3)c(CO)c2)nc1OCCOC(C)=O. The van der Waals surface area contributed by atoms with Gasteiger partial charge in [0.25, 0.3) is 0 Å². The Hall–Kier alpha value is -9.26. The van der Waals surface area contributed by atoms with Gasteiger partial charge < -0.3 is 71.7 Å². The number of esters is 3. The van der Waals surface area contributed by atoms with E-state index < -0.39 is 59.1 Å². The molecule has 6 aromatic rings. The normalized spacial score (nSPS) is 11.8. The number of carbonyl (C=O) groups is 3. The lowest BCUT2D eigenvalue weighted by atomic mass is 9.59. The van der Waals surface area contributed by atoms with E-state index in [1.165, 1.54) is 75.4 Å². The van der Waals surface area contributed by atoms with Gasteiger partial charge in [-0.3, -0.25) is 14.4 Å². The first kappa shape index (κ1) is 56.5. The van der Waals surface area contributed by atoms with Crippen molar-refractivity contribution in [2.24, 2.45) is 0 Å². The number of aliphatic hydroxyl groups is 3. The van der Waals surface area contributed by atoms with Crippen molar-refractivity contribution in [1.82, 2.24) is 15.0 Å². The van der Waals surface area contributed by atoms with Crippen molar-refractivity contribution in [1.29, 1.82) is 10.5 Å². The third-order valence-corrected chi connectivity index (χ3v) is 10.8. The molecule has 0 unspecified atom stereocenters. The zero-order valence-electron chi connectivity index (χ0n) is 41.9. The zero-order chi connectivity index (χ0) is 55.6. The summed E-state index contributed by atoms with van der Waals surface area (Å²) < 4.78 is 69.0. The van der Waals surface area contributed by atoms with Crippen molar-refractivity contribution in [3.05, 3.63) is 130 Å². The number of hydrogen-bond acceptors (Lipinski definition) is 23. The van der Waals surface area contributed by atoms with Gasteiger partial charge in [-0.05, 0) is 93.7 Å². The van der Waals surface area contributed by atoms with Gasteiger partial charge in [0.15, 0.2) is 0 Å². The minimum atomic E-state index is -1.31. The Balaban J connectivity index is 1.19. The fraction of sp³-hybridized carbons (Fsp3) is 0.235. The Morgan fingerprint density at radius 3 is 1.17 bits per heavy atom. The number of aliphatic hydroxyl groups excluding tert-OH is 3. The van der Waals surface area contributed by atoms with Crippen molar-refractivity contribution < 1.29 is 86.1 Å². The third kappa shape index (κ3) is 15.2. The van der Waals surface area contributed by atoms with Gasteiger partial charge in [0.2, 0.25) is 41.0 Å². The predicted molar refractivity (Wildman–Crippen MR) is 272 cm³/mol. The van der Waals surface area contributed by atoms with E-state index >= 15 is 0 Å². The highest BCUT2D eigenvalue weighted by atomic mass is 16.7. The molecule has 0 amide bonds. The van der Waals surface area contributed by atoms with Crippen LogP contribution in [0, 0.1) is 29.2 Å². The quantitative estimate of drug-likeness (QED) is 0.0257. The molecule has 0 saturated carbocycles. The van der Waals surface area contributed by atoms with Gasteiger partial charge in [0.1, 0.15) is 80.2 Å². The lowest BCUT2D eigenvalue weighted by molar-refractivity contribution is -0.142. The van der Waals surface area contributed by atoms with Crippen LogP contribution in [0.3, 0.4) is 0 Å². The van der Waals surface area contributed by atoms with Crippen LogP contribution in [-0.2, 0) is 62.1 Å². The van der Waals surface area contributed by atoms with E-state index in [1.807, 2.05) is 12.1 Å². The van der Waals surface area contributed by atoms with E-state index in [-0.39, 0.29) is 126 Å². The molecule has 1 aliphatic heterocycles. The molecule has 24 nitrogen and oxygen atoms in total. The second-order valence-corrected chi connectivity index (χ2v) is 16.1. The first-order valence-corrected chi connectivity index (χ1v) is 23.5. The number of pyridine rings is 3. The molecule has 27 heteroatoms. The topological polar surface area (TPSA) is 313 Å². The summed E-state index contributed by atoms with van der Waals surface area (Å²) in [5.74, 6) is -0.977. The highest BCUT2D eigenvalue weighted by Gasteiger charge is 2.46. The van der Waals surface area contributed by atoms with Gasteiger partial charge in [0.05, 0.1) is 26.4 Å². The second kappa shape index (κ2) is 27.5. The van der Waals surface area contributed by atoms with Gasteiger partial charge in [-0.1, -0.05) is 18.2 Å². The molecular formula is C51H45B3N6O18. The minimum Gasteiger partial charge on any atom is -0.483 e. The van der Waals surface area contributed by atoms with Gasteiger partial charge in [0, 0.05) is 32.9 Å². The summed E-state index contributed by atoms with van der Waals surface area (Å²) in [7, 11) is -3.94. The molecule has 3 aromatic carbocycles. The molecule has 4 heterocycles. The van der Waals surface area contributed by atoms with Gasteiger partial charge in [-0.15, -0.1) is 0 Å². The molecule has 396 valence electrons. The van der Waals surface area contributed by atoms with E-state index in [0.29, 0.717) is 16.4 Å². The number of carbonyl (C=O) groups excluding carboxylic acids is 3. The largest absolute Gasteiger partial charge is 0.483 e. The van der Waals surface area contributed by atoms with Crippen LogP contribution in [0.25, 0.3) is 4.85 Å². The van der Waals surface area contributed by atoms with Crippen molar-refractivity contribution in [2.75, 3.05) is 39.6 Å². The fourth-order valence-electron chi connectivity index (χ4n) is 7.26. The average Bonchev–Trinajstić information content (AvgIpc) is 3.44. The molecule has 0 spiro atoms. The summed E-state index contributed by atoms with van der Waals surface area (Å²) >= 11 is 0. The van der Waals surface area contributed by atoms with Crippen LogP contribution in [-0.4, -0.2) is 109 Å². The first-order chi connectivity index (χ1) is 37.8. The molecule has 0 atom stereocenters. The van der Waals surface area contributed by atoms with Crippen molar-refractivity contribution in [3.8, 4) is 64.7 Å². The summed E-state index contributed by atoms with van der Waals surface area (Å²) in [6.45, 7) is 9.15. The highest BCUT2D eigenvalue weighted by molar-refractivity contribution is 6.87. The van der Waals surface area contributed by atoms with Crippen LogP contribution < -0.4 is 44.8 Å². The molecule has 3 N–H and O–H groups in total. The fourth-order valence-corrected chi connectivity index (χ4v) is 7.26. The number of benzene rings is 3.